The van der Waals surface area contributed by atoms with Crippen LogP contribution >= 0.6 is 23.1 Å². The van der Waals surface area contributed by atoms with E-state index in [2.05, 4.69) is 9.97 Å². The zero-order valence-corrected chi connectivity index (χ0v) is 16.3. The summed E-state index contributed by atoms with van der Waals surface area (Å²) in [6, 6.07) is 8.48. The number of ether oxygens (including phenoxy) is 2. The third-order valence-electron chi connectivity index (χ3n) is 3.55. The number of carbonyl (C=O) groups is 1. The summed E-state index contributed by atoms with van der Waals surface area (Å²) in [6.45, 7) is 2.20. The SMILES string of the molecule is CCOC(=O)c1ccc(OC[C@@H](O)CSc2nc(N)c3ccsc3n2)cc1. The Hall–Kier alpha value is -2.36. The van der Waals surface area contributed by atoms with E-state index in [1.807, 2.05) is 11.4 Å². The molecule has 0 unspecified atom stereocenters. The molecular weight excluding hydrogens is 386 g/mol. The summed E-state index contributed by atoms with van der Waals surface area (Å²) in [5.41, 5.74) is 6.37. The number of hydrogen-bond acceptors (Lipinski definition) is 9. The standard InChI is InChI=1S/C18H19N3O4S2/c1-2-24-17(23)11-3-5-13(6-4-11)25-9-12(22)10-27-18-20-15(19)14-7-8-26-16(14)21-18/h3-8,12,22H,2,9-10H2,1H3,(H2,19,20,21)/t12-/m1/s1. The Morgan fingerprint density at radius 1 is 1.30 bits per heavy atom. The summed E-state index contributed by atoms with van der Waals surface area (Å²) >= 11 is 2.82. The van der Waals surface area contributed by atoms with Crippen LogP contribution in [0.2, 0.25) is 0 Å². The molecule has 0 amide bonds. The maximum atomic E-state index is 11.6. The Bertz CT molecular complexity index is 915. The van der Waals surface area contributed by atoms with Crippen molar-refractivity contribution in [2.45, 2.75) is 18.2 Å². The molecule has 2 heterocycles. The highest BCUT2D eigenvalue weighted by molar-refractivity contribution is 7.99. The normalized spacial score (nSPS) is 12.1. The number of anilines is 1. The van der Waals surface area contributed by atoms with Crippen LogP contribution in [0, 0.1) is 0 Å². The Morgan fingerprint density at radius 3 is 2.81 bits per heavy atom. The van der Waals surface area contributed by atoms with Crippen LogP contribution < -0.4 is 10.5 Å². The summed E-state index contributed by atoms with van der Waals surface area (Å²) in [7, 11) is 0. The van der Waals surface area contributed by atoms with E-state index in [0.29, 0.717) is 34.6 Å². The minimum atomic E-state index is -0.705. The topological polar surface area (TPSA) is 108 Å². The van der Waals surface area contributed by atoms with Gasteiger partial charge in [-0.25, -0.2) is 14.8 Å². The molecule has 1 aromatic carbocycles. The van der Waals surface area contributed by atoms with E-state index in [0.717, 1.165) is 10.2 Å². The second-order valence-electron chi connectivity index (χ2n) is 5.55. The number of nitrogens with zero attached hydrogens (tertiary/aromatic N) is 2. The molecule has 2 aromatic heterocycles. The van der Waals surface area contributed by atoms with Gasteiger partial charge in [-0.05, 0) is 42.6 Å². The van der Waals surface area contributed by atoms with Crippen molar-refractivity contribution >= 4 is 45.1 Å². The maximum absolute atomic E-state index is 11.6. The number of thioether (sulfide) groups is 1. The van der Waals surface area contributed by atoms with Gasteiger partial charge < -0.3 is 20.3 Å². The molecule has 0 aliphatic heterocycles. The van der Waals surface area contributed by atoms with Gasteiger partial charge in [-0.2, -0.15) is 0 Å². The summed E-state index contributed by atoms with van der Waals surface area (Å²) in [5, 5.41) is 13.4. The molecule has 3 N–H and O–H groups in total. The summed E-state index contributed by atoms with van der Waals surface area (Å²) in [4.78, 5) is 21.1. The number of fused-ring (bicyclic) bond motifs is 1. The second kappa shape index (κ2) is 9.03. The number of nitrogens with two attached hydrogens (primary N) is 1. The second-order valence-corrected chi connectivity index (χ2v) is 7.43. The number of nitrogen functional groups attached to an aromatic ring is 1. The molecule has 1 atom stereocenters. The molecule has 0 aliphatic carbocycles. The number of aliphatic hydroxyl groups excluding tert-OH is 1. The van der Waals surface area contributed by atoms with Crippen molar-refractivity contribution in [2.24, 2.45) is 0 Å². The van der Waals surface area contributed by atoms with Gasteiger partial charge in [0.25, 0.3) is 0 Å². The largest absolute Gasteiger partial charge is 0.491 e. The molecule has 0 aliphatic rings. The number of esters is 1. The first-order chi connectivity index (χ1) is 13.1. The molecule has 0 radical (unpaired) electrons. The quantitative estimate of drug-likeness (QED) is 0.335. The predicted molar refractivity (Wildman–Crippen MR) is 106 cm³/mol. The fraction of sp³-hybridized carbons (Fsp3) is 0.278. The number of thiophene rings is 1. The molecule has 7 nitrogen and oxygen atoms in total. The Balaban J connectivity index is 1.49. The minimum absolute atomic E-state index is 0.114. The lowest BCUT2D eigenvalue weighted by atomic mass is 10.2. The lowest BCUT2D eigenvalue weighted by Gasteiger charge is -2.12. The number of rotatable bonds is 8. The predicted octanol–water partition coefficient (Wildman–Crippen LogP) is 2.98. The zero-order valence-electron chi connectivity index (χ0n) is 14.6. The minimum Gasteiger partial charge on any atom is -0.491 e. The van der Waals surface area contributed by atoms with Crippen molar-refractivity contribution in [3.8, 4) is 5.75 Å². The van der Waals surface area contributed by atoms with Crippen molar-refractivity contribution in [1.29, 1.82) is 0 Å². The van der Waals surface area contributed by atoms with Crippen LogP contribution in [0.4, 0.5) is 5.82 Å². The monoisotopic (exact) mass is 405 g/mol. The molecular formula is C18H19N3O4S2. The average molecular weight is 406 g/mol. The van der Waals surface area contributed by atoms with Crippen LogP contribution in [0.1, 0.15) is 17.3 Å². The highest BCUT2D eigenvalue weighted by Gasteiger charge is 2.11. The van der Waals surface area contributed by atoms with Gasteiger partial charge in [0, 0.05) is 5.75 Å². The smallest absolute Gasteiger partial charge is 0.338 e. The molecule has 142 valence electrons. The van der Waals surface area contributed by atoms with Crippen LogP contribution in [0.5, 0.6) is 5.75 Å². The molecule has 3 rings (SSSR count). The van der Waals surface area contributed by atoms with Gasteiger partial charge in [0.2, 0.25) is 0 Å². The van der Waals surface area contributed by atoms with Crippen LogP contribution in [-0.4, -0.2) is 46.1 Å². The van der Waals surface area contributed by atoms with Crippen LogP contribution in [0.15, 0.2) is 40.9 Å². The maximum Gasteiger partial charge on any atom is 0.338 e. The molecule has 27 heavy (non-hydrogen) atoms. The van der Waals surface area contributed by atoms with Crippen LogP contribution in [0.25, 0.3) is 10.2 Å². The van der Waals surface area contributed by atoms with E-state index < -0.39 is 6.10 Å². The zero-order chi connectivity index (χ0) is 19.2. The van der Waals surface area contributed by atoms with E-state index in [-0.39, 0.29) is 12.6 Å². The van der Waals surface area contributed by atoms with Crippen molar-refractivity contribution in [3.63, 3.8) is 0 Å². The highest BCUT2D eigenvalue weighted by atomic mass is 32.2. The summed E-state index contributed by atoms with van der Waals surface area (Å²) in [5.74, 6) is 1.00. The van der Waals surface area contributed by atoms with Gasteiger partial charge >= 0.3 is 5.97 Å². The molecule has 0 spiro atoms. The number of benzene rings is 1. The third kappa shape index (κ3) is 5.09. The van der Waals surface area contributed by atoms with E-state index in [4.69, 9.17) is 15.2 Å². The van der Waals surface area contributed by atoms with Gasteiger partial charge in [-0.15, -0.1) is 11.3 Å². The van der Waals surface area contributed by atoms with Crippen molar-refractivity contribution < 1.29 is 19.4 Å². The first-order valence-corrected chi connectivity index (χ1v) is 10.1. The van der Waals surface area contributed by atoms with Gasteiger partial charge in [-0.3, -0.25) is 0 Å². The number of aliphatic hydroxyl groups is 1. The first-order valence-electron chi connectivity index (χ1n) is 8.28. The van der Waals surface area contributed by atoms with Crippen LogP contribution in [0.3, 0.4) is 0 Å². The Morgan fingerprint density at radius 2 is 2.07 bits per heavy atom. The fourth-order valence-electron chi connectivity index (χ4n) is 2.24. The molecule has 0 saturated heterocycles. The number of carbonyl (C=O) groups excluding carboxylic acids is 1. The van der Waals surface area contributed by atoms with Gasteiger partial charge in [0.05, 0.1) is 23.7 Å². The molecule has 0 fully saturated rings. The first kappa shape index (κ1) is 19.4. The van der Waals surface area contributed by atoms with Crippen molar-refractivity contribution in [1.82, 2.24) is 9.97 Å². The highest BCUT2D eigenvalue weighted by Crippen LogP contribution is 2.26. The van der Waals surface area contributed by atoms with Gasteiger partial charge in [0.1, 0.15) is 23.0 Å². The lowest BCUT2D eigenvalue weighted by Crippen LogP contribution is -2.20. The summed E-state index contributed by atoms with van der Waals surface area (Å²) < 4.78 is 10.5. The Kier molecular flexibility index (Phi) is 6.49. The molecule has 9 heteroatoms. The van der Waals surface area contributed by atoms with Gasteiger partial charge in [0.15, 0.2) is 5.16 Å². The lowest BCUT2D eigenvalue weighted by molar-refractivity contribution is 0.0526. The van der Waals surface area contributed by atoms with E-state index >= 15 is 0 Å². The van der Waals surface area contributed by atoms with Crippen LogP contribution in [-0.2, 0) is 4.74 Å². The van der Waals surface area contributed by atoms with Gasteiger partial charge in [-0.1, -0.05) is 11.8 Å². The number of hydrogen-bond donors (Lipinski definition) is 2. The average Bonchev–Trinajstić information content (AvgIpc) is 3.14. The van der Waals surface area contributed by atoms with E-state index in [1.165, 1.54) is 23.1 Å². The van der Waals surface area contributed by atoms with Crippen molar-refractivity contribution in [2.75, 3.05) is 24.7 Å². The Labute approximate surface area is 164 Å². The molecule has 0 saturated carbocycles. The summed E-state index contributed by atoms with van der Waals surface area (Å²) in [6.07, 6.45) is -0.705. The molecule has 3 aromatic rings. The third-order valence-corrected chi connectivity index (χ3v) is 5.35. The molecule has 0 bridgehead atoms. The van der Waals surface area contributed by atoms with Crippen molar-refractivity contribution in [3.05, 3.63) is 41.3 Å². The number of aromatic nitrogens is 2. The van der Waals surface area contributed by atoms with E-state index in [9.17, 15) is 9.90 Å². The van der Waals surface area contributed by atoms with E-state index in [1.54, 1.807) is 31.2 Å². The fourth-order valence-corrected chi connectivity index (χ4v) is 3.82.